The minimum Gasteiger partial charge on any atom is -0.406 e. The number of benzene rings is 1. The Balaban J connectivity index is 2.72. The van der Waals surface area contributed by atoms with E-state index in [1.807, 2.05) is 0 Å². The van der Waals surface area contributed by atoms with E-state index in [0.29, 0.717) is 11.8 Å². The van der Waals surface area contributed by atoms with Gasteiger partial charge in [0.1, 0.15) is 11.4 Å². The Morgan fingerprint density at radius 3 is 2.24 bits per heavy atom. The molecule has 0 radical (unpaired) electrons. The monoisotopic (exact) mass is 248 g/mol. The summed E-state index contributed by atoms with van der Waals surface area (Å²) in [6.07, 6.45) is -4.31. The molecular formula is C11H11F3O3. The van der Waals surface area contributed by atoms with Crippen LogP contribution in [0.3, 0.4) is 0 Å². The van der Waals surface area contributed by atoms with Crippen LogP contribution < -0.4 is 4.74 Å². The lowest BCUT2D eigenvalue weighted by Gasteiger charge is -2.15. The third-order valence-corrected chi connectivity index (χ3v) is 1.97. The number of alkyl halides is 3. The number of carbonyl (C=O) groups is 1. The van der Waals surface area contributed by atoms with Crippen LogP contribution in [0.1, 0.15) is 12.5 Å². The Labute approximate surface area is 95.8 Å². The predicted octanol–water partition coefficient (Wildman–Crippen LogP) is 2.08. The third-order valence-electron chi connectivity index (χ3n) is 1.97. The largest absolute Gasteiger partial charge is 0.573 e. The number of carbonyl (C=O) groups excluding carboxylic acids is 1. The SMILES string of the molecule is CC(O)(C=O)Cc1ccc(OC(F)(F)F)cc1. The van der Waals surface area contributed by atoms with Crippen molar-refractivity contribution in [1.29, 1.82) is 0 Å². The van der Waals surface area contributed by atoms with E-state index in [9.17, 15) is 23.1 Å². The quantitative estimate of drug-likeness (QED) is 0.830. The van der Waals surface area contributed by atoms with Crippen LogP contribution in [-0.4, -0.2) is 23.4 Å². The Hall–Kier alpha value is -1.56. The number of hydrogen-bond donors (Lipinski definition) is 1. The molecule has 1 rings (SSSR count). The van der Waals surface area contributed by atoms with Crippen molar-refractivity contribution in [2.75, 3.05) is 0 Å². The van der Waals surface area contributed by atoms with Crippen LogP contribution in [0.15, 0.2) is 24.3 Å². The predicted molar refractivity (Wildman–Crippen MR) is 53.5 cm³/mol. The molecule has 0 bridgehead atoms. The molecule has 1 unspecified atom stereocenters. The summed E-state index contributed by atoms with van der Waals surface area (Å²) in [6, 6.07) is 4.98. The molecule has 1 N–H and O–H groups in total. The fourth-order valence-electron chi connectivity index (χ4n) is 1.26. The molecule has 94 valence electrons. The highest BCUT2D eigenvalue weighted by atomic mass is 19.4. The molecule has 0 spiro atoms. The van der Waals surface area contributed by atoms with E-state index < -0.39 is 12.0 Å². The zero-order valence-electron chi connectivity index (χ0n) is 8.99. The first kappa shape index (κ1) is 13.5. The molecule has 0 heterocycles. The maximum Gasteiger partial charge on any atom is 0.573 e. The smallest absolute Gasteiger partial charge is 0.406 e. The van der Waals surface area contributed by atoms with E-state index >= 15 is 0 Å². The molecule has 0 saturated carbocycles. The number of hydrogen-bond acceptors (Lipinski definition) is 3. The van der Waals surface area contributed by atoms with Gasteiger partial charge < -0.3 is 14.6 Å². The Bertz CT molecular complexity index is 382. The zero-order valence-corrected chi connectivity index (χ0v) is 8.99. The lowest BCUT2D eigenvalue weighted by molar-refractivity contribution is -0.274. The summed E-state index contributed by atoms with van der Waals surface area (Å²) >= 11 is 0. The van der Waals surface area contributed by atoms with Crippen molar-refractivity contribution in [2.45, 2.75) is 25.3 Å². The van der Waals surface area contributed by atoms with Crippen molar-refractivity contribution in [3.63, 3.8) is 0 Å². The van der Waals surface area contributed by atoms with Gasteiger partial charge in [0.2, 0.25) is 0 Å². The lowest BCUT2D eigenvalue weighted by Crippen LogP contribution is -2.28. The van der Waals surface area contributed by atoms with E-state index in [-0.39, 0.29) is 12.2 Å². The molecule has 1 aromatic rings. The highest BCUT2D eigenvalue weighted by Gasteiger charge is 2.31. The van der Waals surface area contributed by atoms with Gasteiger partial charge in [-0.3, -0.25) is 0 Å². The second-order valence-electron chi connectivity index (χ2n) is 3.84. The number of rotatable bonds is 4. The molecule has 0 aliphatic carbocycles. The van der Waals surface area contributed by atoms with Crippen molar-refractivity contribution in [3.05, 3.63) is 29.8 Å². The van der Waals surface area contributed by atoms with Crippen LogP contribution in [0.25, 0.3) is 0 Å². The first-order chi connectivity index (χ1) is 7.72. The van der Waals surface area contributed by atoms with Gasteiger partial charge in [-0.1, -0.05) is 12.1 Å². The summed E-state index contributed by atoms with van der Waals surface area (Å²) in [6.45, 7) is 1.32. The Kier molecular flexibility index (Phi) is 3.77. The van der Waals surface area contributed by atoms with Crippen molar-refractivity contribution >= 4 is 6.29 Å². The van der Waals surface area contributed by atoms with Gasteiger partial charge in [-0.2, -0.15) is 0 Å². The molecule has 1 aromatic carbocycles. The summed E-state index contributed by atoms with van der Waals surface area (Å²) in [4.78, 5) is 10.5. The van der Waals surface area contributed by atoms with Crippen LogP contribution in [0.4, 0.5) is 13.2 Å². The molecule has 3 nitrogen and oxygen atoms in total. The van der Waals surface area contributed by atoms with Crippen LogP contribution in [0.5, 0.6) is 5.75 Å². The van der Waals surface area contributed by atoms with Gasteiger partial charge in [0.15, 0.2) is 6.29 Å². The van der Waals surface area contributed by atoms with Gasteiger partial charge >= 0.3 is 6.36 Å². The highest BCUT2D eigenvalue weighted by Crippen LogP contribution is 2.23. The summed E-state index contributed by atoms with van der Waals surface area (Å²) in [5.74, 6) is -0.341. The van der Waals surface area contributed by atoms with Crippen LogP contribution in [0.2, 0.25) is 0 Å². The second kappa shape index (κ2) is 4.75. The van der Waals surface area contributed by atoms with Crippen LogP contribution in [-0.2, 0) is 11.2 Å². The topological polar surface area (TPSA) is 46.5 Å². The number of aldehydes is 1. The van der Waals surface area contributed by atoms with Crippen LogP contribution in [0, 0.1) is 0 Å². The zero-order chi connectivity index (χ0) is 13.1. The summed E-state index contributed by atoms with van der Waals surface area (Å²) in [5.41, 5.74) is -0.983. The minimum absolute atomic E-state index is 0.0306. The third kappa shape index (κ3) is 4.86. The summed E-state index contributed by atoms with van der Waals surface area (Å²) < 4.78 is 39.3. The van der Waals surface area contributed by atoms with Gasteiger partial charge in [0.05, 0.1) is 0 Å². The normalized spacial score (nSPS) is 15.1. The van der Waals surface area contributed by atoms with E-state index in [1.165, 1.54) is 19.1 Å². The number of halogens is 3. The average molecular weight is 248 g/mol. The molecular weight excluding hydrogens is 237 g/mol. The van der Waals surface area contributed by atoms with E-state index in [2.05, 4.69) is 4.74 Å². The lowest BCUT2D eigenvalue weighted by atomic mass is 9.98. The van der Waals surface area contributed by atoms with Crippen LogP contribution >= 0.6 is 0 Å². The van der Waals surface area contributed by atoms with Gasteiger partial charge in [-0.05, 0) is 24.6 Å². The molecule has 0 aromatic heterocycles. The minimum atomic E-state index is -4.73. The number of ether oxygens (including phenoxy) is 1. The molecule has 0 fully saturated rings. The van der Waals surface area contributed by atoms with E-state index in [4.69, 9.17) is 0 Å². The number of aliphatic hydroxyl groups is 1. The van der Waals surface area contributed by atoms with E-state index in [1.54, 1.807) is 0 Å². The highest BCUT2D eigenvalue weighted by molar-refractivity contribution is 5.62. The van der Waals surface area contributed by atoms with Crippen molar-refractivity contribution in [3.8, 4) is 5.75 Å². The molecule has 0 amide bonds. The van der Waals surface area contributed by atoms with Gasteiger partial charge in [0, 0.05) is 6.42 Å². The second-order valence-corrected chi connectivity index (χ2v) is 3.84. The Morgan fingerprint density at radius 2 is 1.82 bits per heavy atom. The maximum absolute atomic E-state index is 11.9. The van der Waals surface area contributed by atoms with Crippen molar-refractivity contribution in [2.24, 2.45) is 0 Å². The fourth-order valence-corrected chi connectivity index (χ4v) is 1.26. The molecule has 6 heteroatoms. The van der Waals surface area contributed by atoms with Gasteiger partial charge in [-0.15, -0.1) is 13.2 Å². The first-order valence-corrected chi connectivity index (χ1v) is 4.75. The Morgan fingerprint density at radius 1 is 1.29 bits per heavy atom. The molecule has 0 aliphatic rings. The first-order valence-electron chi connectivity index (χ1n) is 4.75. The molecule has 1 atom stereocenters. The van der Waals surface area contributed by atoms with E-state index in [0.717, 1.165) is 12.1 Å². The molecule has 0 saturated heterocycles. The van der Waals surface area contributed by atoms with Crippen molar-refractivity contribution < 1.29 is 27.8 Å². The van der Waals surface area contributed by atoms with Gasteiger partial charge in [0.25, 0.3) is 0 Å². The average Bonchev–Trinajstić information content (AvgIpc) is 2.19. The fraction of sp³-hybridized carbons (Fsp3) is 0.364. The van der Waals surface area contributed by atoms with Crippen molar-refractivity contribution in [1.82, 2.24) is 0 Å². The standard InChI is InChI=1S/C11H11F3O3/c1-10(16,7-15)6-8-2-4-9(5-3-8)17-11(12,13)14/h2-5,7,16H,6H2,1H3. The summed E-state index contributed by atoms with van der Waals surface area (Å²) in [5, 5.41) is 9.45. The maximum atomic E-state index is 11.9. The molecule has 0 aliphatic heterocycles. The summed E-state index contributed by atoms with van der Waals surface area (Å²) in [7, 11) is 0. The van der Waals surface area contributed by atoms with Gasteiger partial charge in [-0.25, -0.2) is 0 Å². The molecule has 17 heavy (non-hydrogen) atoms.